The Bertz CT molecular complexity index is 283. The molecule has 0 N–H and O–H groups in total. The molecule has 1 saturated heterocycles. The zero-order chi connectivity index (χ0) is 9.80. The monoisotopic (exact) mass is 194 g/mol. The van der Waals surface area contributed by atoms with Crippen molar-refractivity contribution in [2.24, 2.45) is 5.92 Å². The number of ether oxygens (including phenoxy) is 1. The molecule has 0 atom stereocenters. The molecule has 2 rings (SSSR count). The number of carbonyl (C=O) groups excluding carboxylic acids is 1. The van der Waals surface area contributed by atoms with E-state index in [1.165, 1.54) is 12.5 Å². The van der Waals surface area contributed by atoms with E-state index in [0.29, 0.717) is 17.9 Å². The molecule has 0 aliphatic carbocycles. The second kappa shape index (κ2) is 4.42. The molecule has 0 saturated carbocycles. The molecular weight excluding hydrogens is 180 g/mol. The predicted molar refractivity (Wildman–Crippen MR) is 51.2 cm³/mol. The summed E-state index contributed by atoms with van der Waals surface area (Å²) in [5.74, 6) is 0.678. The molecule has 1 aliphatic heterocycles. The van der Waals surface area contributed by atoms with Crippen LogP contribution >= 0.6 is 0 Å². The SMILES string of the molecule is O=C(CC1CCOCC1)c1ccoc1. The van der Waals surface area contributed by atoms with Gasteiger partial charge in [-0.3, -0.25) is 4.79 Å². The summed E-state index contributed by atoms with van der Waals surface area (Å²) in [4.78, 5) is 11.7. The summed E-state index contributed by atoms with van der Waals surface area (Å²) in [5.41, 5.74) is 0.691. The third-order valence-electron chi connectivity index (χ3n) is 2.66. The highest BCUT2D eigenvalue weighted by Gasteiger charge is 2.18. The van der Waals surface area contributed by atoms with Gasteiger partial charge in [0.15, 0.2) is 5.78 Å². The summed E-state index contributed by atoms with van der Waals surface area (Å²) in [6.07, 6.45) is 5.69. The summed E-state index contributed by atoms with van der Waals surface area (Å²) in [6, 6.07) is 1.72. The number of carbonyl (C=O) groups is 1. The number of ketones is 1. The van der Waals surface area contributed by atoms with Gasteiger partial charge in [-0.15, -0.1) is 0 Å². The Morgan fingerprint density at radius 1 is 1.43 bits per heavy atom. The van der Waals surface area contributed by atoms with Crippen molar-refractivity contribution < 1.29 is 13.9 Å². The highest BCUT2D eigenvalue weighted by atomic mass is 16.5. The smallest absolute Gasteiger partial charge is 0.166 e. The minimum Gasteiger partial charge on any atom is -0.472 e. The largest absolute Gasteiger partial charge is 0.472 e. The van der Waals surface area contributed by atoms with Gasteiger partial charge in [-0.25, -0.2) is 0 Å². The summed E-state index contributed by atoms with van der Waals surface area (Å²) in [7, 11) is 0. The first-order valence-electron chi connectivity index (χ1n) is 4.99. The van der Waals surface area contributed by atoms with E-state index in [2.05, 4.69) is 0 Å². The molecule has 0 bridgehead atoms. The van der Waals surface area contributed by atoms with Crippen molar-refractivity contribution in [3.63, 3.8) is 0 Å². The van der Waals surface area contributed by atoms with Crippen molar-refractivity contribution in [2.45, 2.75) is 19.3 Å². The molecule has 3 heteroatoms. The average Bonchev–Trinajstić information content (AvgIpc) is 2.72. The van der Waals surface area contributed by atoms with Gasteiger partial charge >= 0.3 is 0 Å². The van der Waals surface area contributed by atoms with Gasteiger partial charge in [0.1, 0.15) is 6.26 Å². The Balaban J connectivity index is 1.87. The number of hydrogen-bond donors (Lipinski definition) is 0. The maximum Gasteiger partial charge on any atom is 0.166 e. The quantitative estimate of drug-likeness (QED) is 0.693. The van der Waals surface area contributed by atoms with Crippen LogP contribution in [0.5, 0.6) is 0 Å². The average molecular weight is 194 g/mol. The molecule has 1 aromatic rings. The molecule has 0 unspecified atom stereocenters. The second-order valence-electron chi connectivity index (χ2n) is 3.70. The Kier molecular flexibility index (Phi) is 2.99. The Morgan fingerprint density at radius 2 is 2.21 bits per heavy atom. The van der Waals surface area contributed by atoms with Gasteiger partial charge < -0.3 is 9.15 Å². The first-order valence-corrected chi connectivity index (χ1v) is 4.99. The van der Waals surface area contributed by atoms with Crippen LogP contribution in [-0.4, -0.2) is 19.0 Å². The van der Waals surface area contributed by atoms with Crippen LogP contribution in [0.15, 0.2) is 23.0 Å². The fourth-order valence-electron chi connectivity index (χ4n) is 1.75. The Hall–Kier alpha value is -1.09. The molecule has 0 radical (unpaired) electrons. The van der Waals surface area contributed by atoms with E-state index in [9.17, 15) is 4.79 Å². The maximum absolute atomic E-state index is 11.7. The fraction of sp³-hybridized carbons (Fsp3) is 0.545. The van der Waals surface area contributed by atoms with Gasteiger partial charge in [0, 0.05) is 19.6 Å². The van der Waals surface area contributed by atoms with Crippen LogP contribution < -0.4 is 0 Å². The van der Waals surface area contributed by atoms with Crippen LogP contribution in [0.25, 0.3) is 0 Å². The van der Waals surface area contributed by atoms with Crippen molar-refractivity contribution in [3.8, 4) is 0 Å². The lowest BCUT2D eigenvalue weighted by Crippen LogP contribution is -2.18. The van der Waals surface area contributed by atoms with Gasteiger partial charge in [0.05, 0.1) is 11.8 Å². The van der Waals surface area contributed by atoms with E-state index in [4.69, 9.17) is 9.15 Å². The van der Waals surface area contributed by atoms with Crippen molar-refractivity contribution in [1.29, 1.82) is 0 Å². The van der Waals surface area contributed by atoms with Crippen molar-refractivity contribution in [3.05, 3.63) is 24.2 Å². The molecule has 1 aromatic heterocycles. The first kappa shape index (κ1) is 9.46. The molecule has 14 heavy (non-hydrogen) atoms. The van der Waals surface area contributed by atoms with Crippen LogP contribution in [0.1, 0.15) is 29.6 Å². The topological polar surface area (TPSA) is 39.4 Å². The molecule has 0 spiro atoms. The number of hydrogen-bond acceptors (Lipinski definition) is 3. The van der Waals surface area contributed by atoms with E-state index in [0.717, 1.165) is 26.1 Å². The first-order chi connectivity index (χ1) is 6.86. The number of Topliss-reactive ketones (excluding diaryl/α,β-unsaturated/α-hetero) is 1. The summed E-state index contributed by atoms with van der Waals surface area (Å²) in [6.45, 7) is 1.59. The highest BCUT2D eigenvalue weighted by molar-refractivity contribution is 5.95. The molecule has 0 amide bonds. The lowest BCUT2D eigenvalue weighted by atomic mass is 9.93. The van der Waals surface area contributed by atoms with Crippen LogP contribution in [-0.2, 0) is 4.74 Å². The van der Waals surface area contributed by atoms with Crippen molar-refractivity contribution >= 4 is 5.78 Å². The molecule has 2 heterocycles. The van der Waals surface area contributed by atoms with E-state index >= 15 is 0 Å². The molecule has 3 nitrogen and oxygen atoms in total. The fourth-order valence-corrected chi connectivity index (χ4v) is 1.75. The zero-order valence-corrected chi connectivity index (χ0v) is 8.07. The van der Waals surface area contributed by atoms with Gasteiger partial charge in [0.25, 0.3) is 0 Å². The van der Waals surface area contributed by atoms with Crippen LogP contribution in [0.2, 0.25) is 0 Å². The Morgan fingerprint density at radius 3 is 2.86 bits per heavy atom. The minimum atomic E-state index is 0.186. The molecule has 1 fully saturated rings. The third kappa shape index (κ3) is 2.23. The van der Waals surface area contributed by atoms with E-state index < -0.39 is 0 Å². The zero-order valence-electron chi connectivity index (χ0n) is 8.07. The number of rotatable bonds is 3. The van der Waals surface area contributed by atoms with Gasteiger partial charge in [-0.05, 0) is 24.8 Å². The van der Waals surface area contributed by atoms with Crippen LogP contribution in [0, 0.1) is 5.92 Å². The van der Waals surface area contributed by atoms with E-state index in [1.54, 1.807) is 6.07 Å². The van der Waals surface area contributed by atoms with Crippen molar-refractivity contribution in [1.82, 2.24) is 0 Å². The minimum absolute atomic E-state index is 0.186. The molecule has 0 aromatic carbocycles. The second-order valence-corrected chi connectivity index (χ2v) is 3.70. The van der Waals surface area contributed by atoms with E-state index in [1.807, 2.05) is 0 Å². The van der Waals surface area contributed by atoms with Gasteiger partial charge in [0.2, 0.25) is 0 Å². The lowest BCUT2D eigenvalue weighted by Gasteiger charge is -2.20. The summed E-state index contributed by atoms with van der Waals surface area (Å²) in [5, 5.41) is 0. The molecule has 1 aliphatic rings. The van der Waals surface area contributed by atoms with Crippen LogP contribution in [0.3, 0.4) is 0 Å². The normalized spacial score (nSPS) is 18.3. The Labute approximate surface area is 83.0 Å². The lowest BCUT2D eigenvalue weighted by molar-refractivity contribution is 0.0601. The third-order valence-corrected chi connectivity index (χ3v) is 2.66. The number of furan rings is 1. The molecule has 76 valence electrons. The summed E-state index contributed by atoms with van der Waals surface area (Å²) >= 11 is 0. The van der Waals surface area contributed by atoms with Crippen LogP contribution in [0.4, 0.5) is 0 Å². The predicted octanol–water partition coefficient (Wildman–Crippen LogP) is 2.28. The summed E-state index contributed by atoms with van der Waals surface area (Å²) < 4.78 is 10.1. The standard InChI is InChI=1S/C11H14O3/c12-11(10-3-6-14-8-10)7-9-1-4-13-5-2-9/h3,6,8-9H,1-2,4-5,7H2. The molecular formula is C11H14O3. The van der Waals surface area contributed by atoms with Gasteiger partial charge in [-0.2, -0.15) is 0 Å². The van der Waals surface area contributed by atoms with E-state index in [-0.39, 0.29) is 5.78 Å². The maximum atomic E-state index is 11.7. The highest BCUT2D eigenvalue weighted by Crippen LogP contribution is 2.20. The van der Waals surface area contributed by atoms with Crippen molar-refractivity contribution in [2.75, 3.05) is 13.2 Å². The van der Waals surface area contributed by atoms with Gasteiger partial charge in [-0.1, -0.05) is 0 Å².